The lowest BCUT2D eigenvalue weighted by atomic mass is 10.4. The van der Waals surface area contributed by atoms with Crippen molar-refractivity contribution in [3.05, 3.63) is 11.9 Å². The van der Waals surface area contributed by atoms with E-state index in [9.17, 15) is 0 Å². The van der Waals surface area contributed by atoms with E-state index < -0.39 is 0 Å². The summed E-state index contributed by atoms with van der Waals surface area (Å²) in [4.78, 5) is 11.3. The molecule has 1 aromatic rings. The van der Waals surface area contributed by atoms with Gasteiger partial charge < -0.3 is 10.6 Å². The SMILES string of the molecule is CCNc1cc(NCCN2CCSCC2)nc(C)n1. The summed E-state index contributed by atoms with van der Waals surface area (Å²) >= 11 is 2.05. The standard InChI is InChI=1S/C13H23N5S/c1-3-14-12-10-13(17-11(2)16-12)15-4-5-18-6-8-19-9-7-18/h10H,3-9H2,1-2H3,(H2,14,15,16,17). The van der Waals surface area contributed by atoms with Crippen molar-refractivity contribution in [2.75, 3.05) is 54.9 Å². The second-order valence-corrected chi connectivity index (χ2v) is 5.82. The zero-order valence-corrected chi connectivity index (χ0v) is 12.6. The Kier molecular flexibility index (Phi) is 5.72. The predicted molar refractivity (Wildman–Crippen MR) is 83.2 cm³/mol. The molecule has 1 fully saturated rings. The molecule has 0 radical (unpaired) electrons. The maximum Gasteiger partial charge on any atom is 0.131 e. The van der Waals surface area contributed by atoms with E-state index in [0.29, 0.717) is 0 Å². The fourth-order valence-electron chi connectivity index (χ4n) is 2.10. The van der Waals surface area contributed by atoms with Gasteiger partial charge in [0.2, 0.25) is 0 Å². The van der Waals surface area contributed by atoms with Gasteiger partial charge in [0.05, 0.1) is 0 Å². The molecule has 2 heterocycles. The second-order valence-electron chi connectivity index (χ2n) is 4.60. The molecule has 6 heteroatoms. The summed E-state index contributed by atoms with van der Waals surface area (Å²) in [6.45, 7) is 9.30. The highest BCUT2D eigenvalue weighted by molar-refractivity contribution is 7.99. The van der Waals surface area contributed by atoms with Crippen LogP contribution in [-0.4, -0.2) is 59.1 Å². The maximum atomic E-state index is 4.41. The minimum Gasteiger partial charge on any atom is -0.370 e. The lowest BCUT2D eigenvalue weighted by Crippen LogP contribution is -2.36. The summed E-state index contributed by atoms with van der Waals surface area (Å²) in [7, 11) is 0. The molecular weight excluding hydrogens is 258 g/mol. The summed E-state index contributed by atoms with van der Waals surface area (Å²) in [5.41, 5.74) is 0. The van der Waals surface area contributed by atoms with E-state index in [1.165, 1.54) is 24.6 Å². The van der Waals surface area contributed by atoms with Crippen LogP contribution < -0.4 is 10.6 Å². The van der Waals surface area contributed by atoms with E-state index in [1.807, 2.05) is 24.8 Å². The number of rotatable bonds is 6. The van der Waals surface area contributed by atoms with E-state index in [-0.39, 0.29) is 0 Å². The fraction of sp³-hybridized carbons (Fsp3) is 0.692. The van der Waals surface area contributed by atoms with Crippen molar-refractivity contribution in [3.63, 3.8) is 0 Å². The lowest BCUT2D eigenvalue weighted by Gasteiger charge is -2.26. The predicted octanol–water partition coefficient (Wildman–Crippen LogP) is 1.68. The van der Waals surface area contributed by atoms with Crippen molar-refractivity contribution >= 4 is 23.4 Å². The second kappa shape index (κ2) is 7.55. The Morgan fingerprint density at radius 1 is 1.21 bits per heavy atom. The third kappa shape index (κ3) is 4.87. The van der Waals surface area contributed by atoms with Crippen LogP contribution >= 0.6 is 11.8 Å². The van der Waals surface area contributed by atoms with Crippen molar-refractivity contribution in [3.8, 4) is 0 Å². The molecule has 2 rings (SSSR count). The van der Waals surface area contributed by atoms with Crippen LogP contribution in [0.1, 0.15) is 12.7 Å². The van der Waals surface area contributed by atoms with Gasteiger partial charge in [0.15, 0.2) is 0 Å². The van der Waals surface area contributed by atoms with Crippen LogP contribution in [0.25, 0.3) is 0 Å². The zero-order valence-electron chi connectivity index (χ0n) is 11.8. The molecule has 0 aliphatic carbocycles. The Balaban J connectivity index is 1.81. The van der Waals surface area contributed by atoms with E-state index in [1.54, 1.807) is 0 Å². The average molecular weight is 281 g/mol. The largest absolute Gasteiger partial charge is 0.370 e. The molecule has 1 aliphatic rings. The third-order valence-electron chi connectivity index (χ3n) is 3.03. The van der Waals surface area contributed by atoms with Gasteiger partial charge in [0.25, 0.3) is 0 Å². The van der Waals surface area contributed by atoms with Crippen LogP contribution in [0.5, 0.6) is 0 Å². The summed E-state index contributed by atoms with van der Waals surface area (Å²) in [6, 6.07) is 1.97. The van der Waals surface area contributed by atoms with E-state index in [0.717, 1.165) is 37.1 Å². The molecule has 0 aromatic carbocycles. The Hall–Kier alpha value is -1.01. The highest BCUT2D eigenvalue weighted by Crippen LogP contribution is 2.11. The number of aromatic nitrogens is 2. The number of nitrogens with zero attached hydrogens (tertiary/aromatic N) is 3. The van der Waals surface area contributed by atoms with Crippen molar-refractivity contribution in [1.29, 1.82) is 0 Å². The summed E-state index contributed by atoms with van der Waals surface area (Å²) in [5.74, 6) is 5.13. The van der Waals surface area contributed by atoms with Crippen LogP contribution in [0.3, 0.4) is 0 Å². The first-order chi connectivity index (χ1) is 9.28. The Bertz CT molecular complexity index is 393. The van der Waals surface area contributed by atoms with Gasteiger partial charge in [0, 0.05) is 50.3 Å². The molecule has 1 aromatic heterocycles. The summed E-state index contributed by atoms with van der Waals surface area (Å²) in [6.07, 6.45) is 0. The smallest absolute Gasteiger partial charge is 0.131 e. The molecule has 1 aliphatic heterocycles. The maximum absolute atomic E-state index is 4.41. The number of hydrogen-bond donors (Lipinski definition) is 2. The average Bonchev–Trinajstić information content (AvgIpc) is 2.40. The van der Waals surface area contributed by atoms with Gasteiger partial charge in [-0.25, -0.2) is 9.97 Å². The lowest BCUT2D eigenvalue weighted by molar-refractivity contribution is 0.314. The van der Waals surface area contributed by atoms with E-state index >= 15 is 0 Å². The van der Waals surface area contributed by atoms with Gasteiger partial charge in [-0.15, -0.1) is 0 Å². The Morgan fingerprint density at radius 3 is 2.58 bits per heavy atom. The first kappa shape index (κ1) is 14.4. The number of hydrogen-bond acceptors (Lipinski definition) is 6. The number of aryl methyl sites for hydroxylation is 1. The van der Waals surface area contributed by atoms with Gasteiger partial charge in [-0.05, 0) is 13.8 Å². The summed E-state index contributed by atoms with van der Waals surface area (Å²) < 4.78 is 0. The molecule has 0 spiro atoms. The van der Waals surface area contributed by atoms with Crippen molar-refractivity contribution in [1.82, 2.24) is 14.9 Å². The molecule has 19 heavy (non-hydrogen) atoms. The minimum absolute atomic E-state index is 0.801. The third-order valence-corrected chi connectivity index (χ3v) is 3.98. The van der Waals surface area contributed by atoms with Crippen LogP contribution in [-0.2, 0) is 0 Å². The van der Waals surface area contributed by atoms with Gasteiger partial charge in [-0.1, -0.05) is 0 Å². The monoisotopic (exact) mass is 281 g/mol. The van der Waals surface area contributed by atoms with Crippen molar-refractivity contribution in [2.45, 2.75) is 13.8 Å². The fourth-order valence-corrected chi connectivity index (χ4v) is 3.08. The first-order valence-corrected chi connectivity index (χ1v) is 8.07. The Labute approximate surface area is 119 Å². The first-order valence-electron chi connectivity index (χ1n) is 6.91. The summed E-state index contributed by atoms with van der Waals surface area (Å²) in [5, 5.41) is 6.62. The van der Waals surface area contributed by atoms with E-state index in [2.05, 4.69) is 32.4 Å². The van der Waals surface area contributed by atoms with E-state index in [4.69, 9.17) is 0 Å². The zero-order chi connectivity index (χ0) is 13.5. The van der Waals surface area contributed by atoms with Gasteiger partial charge in [-0.3, -0.25) is 4.90 Å². The highest BCUT2D eigenvalue weighted by atomic mass is 32.2. The molecule has 0 amide bonds. The quantitative estimate of drug-likeness (QED) is 0.827. The number of anilines is 2. The van der Waals surface area contributed by atoms with Crippen LogP contribution in [0.2, 0.25) is 0 Å². The molecule has 0 unspecified atom stereocenters. The van der Waals surface area contributed by atoms with Crippen molar-refractivity contribution in [2.24, 2.45) is 0 Å². The number of nitrogens with one attached hydrogen (secondary N) is 2. The number of thioether (sulfide) groups is 1. The minimum atomic E-state index is 0.801. The molecule has 106 valence electrons. The van der Waals surface area contributed by atoms with Gasteiger partial charge in [-0.2, -0.15) is 11.8 Å². The van der Waals surface area contributed by atoms with Gasteiger partial charge >= 0.3 is 0 Å². The molecule has 0 bridgehead atoms. The molecule has 0 atom stereocenters. The van der Waals surface area contributed by atoms with Crippen molar-refractivity contribution < 1.29 is 0 Å². The molecule has 5 nitrogen and oxygen atoms in total. The van der Waals surface area contributed by atoms with Crippen LogP contribution in [0.15, 0.2) is 6.07 Å². The Morgan fingerprint density at radius 2 is 1.89 bits per heavy atom. The molecule has 0 saturated carbocycles. The topological polar surface area (TPSA) is 53.1 Å². The normalized spacial score (nSPS) is 16.3. The van der Waals surface area contributed by atoms with Gasteiger partial charge in [0.1, 0.15) is 17.5 Å². The van der Waals surface area contributed by atoms with Crippen LogP contribution in [0, 0.1) is 6.92 Å². The molecule has 1 saturated heterocycles. The molecule has 2 N–H and O–H groups in total. The molecular formula is C13H23N5S. The van der Waals surface area contributed by atoms with Crippen LogP contribution in [0.4, 0.5) is 11.6 Å². The highest BCUT2D eigenvalue weighted by Gasteiger charge is 2.09.